The first-order valence-electron chi connectivity index (χ1n) is 5.57. The van der Waals surface area contributed by atoms with Crippen LogP contribution < -0.4 is 5.32 Å². The zero-order chi connectivity index (χ0) is 9.97. The van der Waals surface area contributed by atoms with Crippen molar-refractivity contribution in [3.05, 3.63) is 17.2 Å². The summed E-state index contributed by atoms with van der Waals surface area (Å²) in [5.41, 5.74) is 2.49. The van der Waals surface area contributed by atoms with Gasteiger partial charge >= 0.3 is 0 Å². The van der Waals surface area contributed by atoms with E-state index in [0.29, 0.717) is 5.92 Å². The summed E-state index contributed by atoms with van der Waals surface area (Å²) in [6, 6.07) is 0. The minimum atomic E-state index is 0.648. The van der Waals surface area contributed by atoms with Crippen molar-refractivity contribution in [1.82, 2.24) is 15.3 Å². The van der Waals surface area contributed by atoms with Gasteiger partial charge < -0.3 is 10.3 Å². The molecule has 0 bridgehead atoms. The third-order valence-corrected chi connectivity index (χ3v) is 3.06. The minimum Gasteiger partial charge on any atom is -0.346 e. The molecule has 1 saturated heterocycles. The van der Waals surface area contributed by atoms with Gasteiger partial charge in [0.05, 0.1) is 5.69 Å². The van der Waals surface area contributed by atoms with Crippen molar-refractivity contribution in [2.24, 2.45) is 0 Å². The molecule has 0 aliphatic carbocycles. The number of hydrogen-bond acceptors (Lipinski definition) is 2. The van der Waals surface area contributed by atoms with E-state index in [0.717, 1.165) is 19.5 Å². The fourth-order valence-electron chi connectivity index (χ4n) is 2.15. The molecule has 1 aliphatic heterocycles. The van der Waals surface area contributed by atoms with Crippen LogP contribution in [0.2, 0.25) is 0 Å². The topological polar surface area (TPSA) is 40.7 Å². The van der Waals surface area contributed by atoms with E-state index in [1.807, 2.05) is 0 Å². The highest BCUT2D eigenvalue weighted by molar-refractivity contribution is 5.15. The number of rotatable bonds is 2. The molecule has 0 saturated carbocycles. The van der Waals surface area contributed by atoms with Crippen LogP contribution in [-0.4, -0.2) is 23.1 Å². The Morgan fingerprint density at radius 3 is 2.64 bits per heavy atom. The van der Waals surface area contributed by atoms with Crippen molar-refractivity contribution in [3.63, 3.8) is 0 Å². The molecule has 1 fully saturated rings. The van der Waals surface area contributed by atoms with E-state index in [2.05, 4.69) is 29.1 Å². The first-order valence-corrected chi connectivity index (χ1v) is 5.57. The van der Waals surface area contributed by atoms with E-state index in [9.17, 15) is 0 Å². The normalized spacial score (nSPS) is 18.7. The lowest BCUT2D eigenvalue weighted by atomic mass is 9.98. The molecule has 0 atom stereocenters. The van der Waals surface area contributed by atoms with E-state index >= 15 is 0 Å². The number of hydrogen-bond donors (Lipinski definition) is 2. The lowest BCUT2D eigenvalue weighted by Gasteiger charge is -2.20. The highest BCUT2D eigenvalue weighted by Gasteiger charge is 2.18. The maximum atomic E-state index is 4.67. The summed E-state index contributed by atoms with van der Waals surface area (Å²) in [6.45, 7) is 6.55. The summed E-state index contributed by atoms with van der Waals surface area (Å²) < 4.78 is 0. The summed E-state index contributed by atoms with van der Waals surface area (Å²) in [5, 5.41) is 3.38. The molecule has 1 aromatic heterocycles. The van der Waals surface area contributed by atoms with Crippen LogP contribution in [0.15, 0.2) is 0 Å². The number of nitrogens with zero attached hydrogens (tertiary/aromatic N) is 1. The van der Waals surface area contributed by atoms with Gasteiger partial charge in [0, 0.05) is 11.6 Å². The average Bonchev–Trinajstić information content (AvgIpc) is 2.61. The molecule has 3 nitrogen and oxygen atoms in total. The predicted molar refractivity (Wildman–Crippen MR) is 57.5 cm³/mol. The van der Waals surface area contributed by atoms with Crippen LogP contribution in [0.5, 0.6) is 0 Å². The van der Waals surface area contributed by atoms with E-state index in [1.54, 1.807) is 0 Å². The number of aromatic amines is 1. The van der Waals surface area contributed by atoms with Crippen LogP contribution in [0.1, 0.15) is 42.9 Å². The number of piperidine rings is 1. The fourth-order valence-corrected chi connectivity index (χ4v) is 2.15. The van der Waals surface area contributed by atoms with Crippen LogP contribution in [0.4, 0.5) is 0 Å². The Hall–Kier alpha value is -0.830. The lowest BCUT2D eigenvalue weighted by molar-refractivity contribution is 0.446. The molecule has 1 aliphatic rings. The summed E-state index contributed by atoms with van der Waals surface area (Å²) in [7, 11) is 0. The van der Waals surface area contributed by atoms with Gasteiger partial charge in [0.1, 0.15) is 5.82 Å². The van der Waals surface area contributed by atoms with E-state index in [1.165, 1.54) is 30.1 Å². The Bertz CT molecular complexity index is 297. The molecule has 0 amide bonds. The lowest BCUT2D eigenvalue weighted by Crippen LogP contribution is -2.27. The SMILES string of the molecule is CCc1nc(C2CCNCC2)[nH]c1C. The maximum Gasteiger partial charge on any atom is 0.109 e. The van der Waals surface area contributed by atoms with Crippen LogP contribution in [0.25, 0.3) is 0 Å². The molecule has 2 rings (SSSR count). The van der Waals surface area contributed by atoms with Crippen LogP contribution in [-0.2, 0) is 6.42 Å². The van der Waals surface area contributed by atoms with Gasteiger partial charge in [-0.3, -0.25) is 0 Å². The molecule has 2 N–H and O–H groups in total. The van der Waals surface area contributed by atoms with Crippen molar-refractivity contribution < 1.29 is 0 Å². The summed E-state index contributed by atoms with van der Waals surface area (Å²) in [4.78, 5) is 8.09. The molecular formula is C11H19N3. The zero-order valence-electron chi connectivity index (χ0n) is 9.06. The fraction of sp³-hybridized carbons (Fsp3) is 0.727. The van der Waals surface area contributed by atoms with Crippen molar-refractivity contribution in [3.8, 4) is 0 Å². The minimum absolute atomic E-state index is 0.648. The highest BCUT2D eigenvalue weighted by Crippen LogP contribution is 2.23. The summed E-state index contributed by atoms with van der Waals surface area (Å²) in [5.74, 6) is 1.86. The van der Waals surface area contributed by atoms with Gasteiger partial charge in [-0.2, -0.15) is 0 Å². The molecule has 0 radical (unpaired) electrons. The Kier molecular flexibility index (Phi) is 2.87. The van der Waals surface area contributed by atoms with Gasteiger partial charge in [-0.1, -0.05) is 6.92 Å². The van der Waals surface area contributed by atoms with E-state index in [-0.39, 0.29) is 0 Å². The van der Waals surface area contributed by atoms with Crippen molar-refractivity contribution in [2.75, 3.05) is 13.1 Å². The Balaban J connectivity index is 2.14. The predicted octanol–water partition coefficient (Wildman–Crippen LogP) is 1.75. The van der Waals surface area contributed by atoms with Gasteiger partial charge in [-0.25, -0.2) is 4.98 Å². The molecule has 78 valence electrons. The van der Waals surface area contributed by atoms with Gasteiger partial charge in [0.15, 0.2) is 0 Å². The average molecular weight is 193 g/mol. The number of imidazole rings is 1. The third-order valence-electron chi connectivity index (χ3n) is 3.06. The van der Waals surface area contributed by atoms with Crippen LogP contribution in [0.3, 0.4) is 0 Å². The third kappa shape index (κ3) is 1.82. The molecule has 3 heteroatoms. The van der Waals surface area contributed by atoms with Gasteiger partial charge in [-0.05, 0) is 39.3 Å². The number of nitrogens with one attached hydrogen (secondary N) is 2. The molecular weight excluding hydrogens is 174 g/mol. The van der Waals surface area contributed by atoms with E-state index < -0.39 is 0 Å². The molecule has 1 aromatic rings. The second-order valence-corrected chi connectivity index (χ2v) is 4.07. The summed E-state index contributed by atoms with van der Waals surface area (Å²) >= 11 is 0. The Labute approximate surface area is 85.3 Å². The quantitative estimate of drug-likeness (QED) is 0.751. The Morgan fingerprint density at radius 1 is 1.36 bits per heavy atom. The first-order chi connectivity index (χ1) is 6.81. The van der Waals surface area contributed by atoms with Crippen LogP contribution >= 0.6 is 0 Å². The largest absolute Gasteiger partial charge is 0.346 e. The smallest absolute Gasteiger partial charge is 0.109 e. The van der Waals surface area contributed by atoms with Crippen molar-refractivity contribution in [1.29, 1.82) is 0 Å². The molecule has 0 aromatic carbocycles. The molecule has 0 unspecified atom stereocenters. The summed E-state index contributed by atoms with van der Waals surface area (Å²) in [6.07, 6.45) is 3.47. The maximum absolute atomic E-state index is 4.67. The number of aryl methyl sites for hydroxylation is 2. The van der Waals surface area contributed by atoms with Crippen molar-refractivity contribution in [2.45, 2.75) is 39.0 Å². The monoisotopic (exact) mass is 193 g/mol. The second kappa shape index (κ2) is 4.13. The number of aromatic nitrogens is 2. The standard InChI is InChI=1S/C11H19N3/c1-3-10-8(2)13-11(14-10)9-4-6-12-7-5-9/h9,12H,3-7H2,1-2H3,(H,13,14). The zero-order valence-corrected chi connectivity index (χ0v) is 9.06. The molecule has 0 spiro atoms. The molecule has 2 heterocycles. The van der Waals surface area contributed by atoms with Gasteiger partial charge in [0.25, 0.3) is 0 Å². The van der Waals surface area contributed by atoms with E-state index in [4.69, 9.17) is 0 Å². The second-order valence-electron chi connectivity index (χ2n) is 4.07. The van der Waals surface area contributed by atoms with Gasteiger partial charge in [0.2, 0.25) is 0 Å². The number of H-pyrrole nitrogens is 1. The Morgan fingerprint density at radius 2 is 2.07 bits per heavy atom. The molecule has 14 heavy (non-hydrogen) atoms. The van der Waals surface area contributed by atoms with Gasteiger partial charge in [-0.15, -0.1) is 0 Å². The van der Waals surface area contributed by atoms with Crippen molar-refractivity contribution >= 4 is 0 Å². The highest BCUT2D eigenvalue weighted by atomic mass is 15.0. The van der Waals surface area contributed by atoms with Crippen LogP contribution in [0, 0.1) is 6.92 Å². The first kappa shape index (κ1) is 9.71.